The number of furan rings is 1. The summed E-state index contributed by atoms with van der Waals surface area (Å²) in [6.45, 7) is 6.92. The smallest absolute Gasteiger partial charge is 0.220 e. The number of rotatable bonds is 9. The second-order valence-electron chi connectivity index (χ2n) is 6.02. The lowest BCUT2D eigenvalue weighted by molar-refractivity contribution is -0.122. The van der Waals surface area contributed by atoms with Crippen LogP contribution in [-0.4, -0.2) is 18.5 Å². The van der Waals surface area contributed by atoms with Gasteiger partial charge in [0.15, 0.2) is 0 Å². The molecule has 1 unspecified atom stereocenters. The van der Waals surface area contributed by atoms with E-state index in [9.17, 15) is 4.79 Å². The fourth-order valence-electron chi connectivity index (χ4n) is 2.41. The van der Waals surface area contributed by atoms with Gasteiger partial charge in [0.25, 0.3) is 0 Å². The van der Waals surface area contributed by atoms with Gasteiger partial charge in [0, 0.05) is 18.9 Å². The van der Waals surface area contributed by atoms with Crippen molar-refractivity contribution in [1.29, 1.82) is 0 Å². The molecule has 1 heterocycles. The molecule has 0 radical (unpaired) electrons. The zero-order chi connectivity index (χ0) is 15.0. The first-order valence-corrected chi connectivity index (χ1v) is 7.53. The molecule has 1 aromatic rings. The predicted molar refractivity (Wildman–Crippen MR) is 81.3 cm³/mol. The second-order valence-corrected chi connectivity index (χ2v) is 6.02. The summed E-state index contributed by atoms with van der Waals surface area (Å²) >= 11 is 0. The third-order valence-corrected chi connectivity index (χ3v) is 3.42. The van der Waals surface area contributed by atoms with Crippen molar-refractivity contribution in [1.82, 2.24) is 5.32 Å². The Hall–Kier alpha value is -1.29. The van der Waals surface area contributed by atoms with Crippen LogP contribution in [0.4, 0.5) is 0 Å². The van der Waals surface area contributed by atoms with E-state index in [1.807, 2.05) is 19.1 Å². The first-order chi connectivity index (χ1) is 9.51. The van der Waals surface area contributed by atoms with Crippen molar-refractivity contribution in [2.45, 2.75) is 52.5 Å². The number of amides is 1. The largest absolute Gasteiger partial charge is 0.469 e. The summed E-state index contributed by atoms with van der Waals surface area (Å²) < 4.78 is 5.29. The molecule has 114 valence electrons. The molecule has 1 aromatic heterocycles. The van der Waals surface area contributed by atoms with E-state index >= 15 is 0 Å². The van der Waals surface area contributed by atoms with Gasteiger partial charge in [0.05, 0.1) is 6.26 Å². The minimum Gasteiger partial charge on any atom is -0.469 e. The zero-order valence-corrected chi connectivity index (χ0v) is 12.9. The SMILES string of the molecule is CC(C)C[C@H](CN)CC(=O)NC(C)CCc1ccco1. The molecule has 0 aliphatic carbocycles. The molecule has 0 aliphatic rings. The fraction of sp³-hybridized carbons (Fsp3) is 0.688. The lowest BCUT2D eigenvalue weighted by Crippen LogP contribution is -2.35. The maximum Gasteiger partial charge on any atom is 0.220 e. The van der Waals surface area contributed by atoms with E-state index in [0.29, 0.717) is 18.9 Å². The fourth-order valence-corrected chi connectivity index (χ4v) is 2.41. The first kappa shape index (κ1) is 16.8. The molecule has 0 fully saturated rings. The van der Waals surface area contributed by atoms with Gasteiger partial charge in [-0.3, -0.25) is 4.79 Å². The van der Waals surface area contributed by atoms with Crippen LogP contribution in [0.1, 0.15) is 45.8 Å². The lowest BCUT2D eigenvalue weighted by Gasteiger charge is -2.19. The van der Waals surface area contributed by atoms with E-state index in [0.717, 1.165) is 25.0 Å². The molecule has 3 N–H and O–H groups in total. The summed E-state index contributed by atoms with van der Waals surface area (Å²) in [6, 6.07) is 4.00. The number of nitrogens with one attached hydrogen (secondary N) is 1. The van der Waals surface area contributed by atoms with Gasteiger partial charge in [-0.25, -0.2) is 0 Å². The molecule has 1 rings (SSSR count). The van der Waals surface area contributed by atoms with E-state index in [2.05, 4.69) is 19.2 Å². The van der Waals surface area contributed by atoms with Crippen LogP contribution in [0, 0.1) is 11.8 Å². The van der Waals surface area contributed by atoms with Crippen molar-refractivity contribution in [3.8, 4) is 0 Å². The molecule has 2 atom stereocenters. The Morgan fingerprint density at radius 3 is 2.70 bits per heavy atom. The molecule has 0 bridgehead atoms. The average Bonchev–Trinajstić information content (AvgIpc) is 2.87. The zero-order valence-electron chi connectivity index (χ0n) is 12.9. The van der Waals surface area contributed by atoms with Crippen molar-refractivity contribution in [3.63, 3.8) is 0 Å². The third-order valence-electron chi connectivity index (χ3n) is 3.42. The number of hydrogen-bond donors (Lipinski definition) is 2. The topological polar surface area (TPSA) is 68.3 Å². The Balaban J connectivity index is 2.26. The highest BCUT2D eigenvalue weighted by atomic mass is 16.3. The summed E-state index contributed by atoms with van der Waals surface area (Å²) in [6.07, 6.45) is 4.94. The van der Waals surface area contributed by atoms with Crippen molar-refractivity contribution in [3.05, 3.63) is 24.2 Å². The van der Waals surface area contributed by atoms with Gasteiger partial charge in [-0.2, -0.15) is 0 Å². The van der Waals surface area contributed by atoms with Crippen molar-refractivity contribution in [2.24, 2.45) is 17.6 Å². The minimum absolute atomic E-state index is 0.105. The van der Waals surface area contributed by atoms with Gasteiger partial charge in [-0.15, -0.1) is 0 Å². The van der Waals surface area contributed by atoms with E-state index in [-0.39, 0.29) is 17.9 Å². The number of carbonyl (C=O) groups excluding carboxylic acids is 1. The van der Waals surface area contributed by atoms with E-state index in [4.69, 9.17) is 10.2 Å². The van der Waals surface area contributed by atoms with E-state index < -0.39 is 0 Å². The van der Waals surface area contributed by atoms with Crippen LogP contribution in [0.25, 0.3) is 0 Å². The molecular formula is C16H28N2O2. The van der Waals surface area contributed by atoms with E-state index in [1.54, 1.807) is 6.26 Å². The molecule has 4 heteroatoms. The molecule has 1 amide bonds. The van der Waals surface area contributed by atoms with Crippen LogP contribution in [0.3, 0.4) is 0 Å². The highest BCUT2D eigenvalue weighted by Crippen LogP contribution is 2.14. The van der Waals surface area contributed by atoms with Gasteiger partial charge in [-0.1, -0.05) is 13.8 Å². The van der Waals surface area contributed by atoms with Gasteiger partial charge in [0.1, 0.15) is 5.76 Å². The Morgan fingerprint density at radius 1 is 1.40 bits per heavy atom. The van der Waals surface area contributed by atoms with Crippen molar-refractivity contribution < 1.29 is 9.21 Å². The Morgan fingerprint density at radius 2 is 2.15 bits per heavy atom. The third kappa shape index (κ3) is 6.75. The summed E-state index contributed by atoms with van der Waals surface area (Å²) in [5, 5.41) is 3.04. The predicted octanol–water partition coefficient (Wildman–Crippen LogP) is 2.73. The van der Waals surface area contributed by atoms with Gasteiger partial charge in [-0.05, 0) is 50.3 Å². The Bertz CT molecular complexity index is 374. The van der Waals surface area contributed by atoms with Gasteiger partial charge >= 0.3 is 0 Å². The monoisotopic (exact) mass is 280 g/mol. The number of carbonyl (C=O) groups is 1. The molecule has 0 saturated heterocycles. The average molecular weight is 280 g/mol. The second kappa shape index (κ2) is 8.80. The van der Waals surface area contributed by atoms with Crippen molar-refractivity contribution in [2.75, 3.05) is 6.54 Å². The van der Waals surface area contributed by atoms with E-state index in [1.165, 1.54) is 0 Å². The lowest BCUT2D eigenvalue weighted by atomic mass is 9.94. The standard InChI is InChI=1S/C16H28N2O2/c1-12(2)9-14(11-17)10-16(19)18-13(3)6-7-15-5-4-8-20-15/h4-5,8,12-14H,6-7,9-11,17H2,1-3H3,(H,18,19)/t13?,14-/m0/s1. The quantitative estimate of drug-likeness (QED) is 0.731. The Kier molecular flexibility index (Phi) is 7.37. The summed E-state index contributed by atoms with van der Waals surface area (Å²) in [5.74, 6) is 1.93. The van der Waals surface area contributed by atoms with Crippen LogP contribution in [0.15, 0.2) is 22.8 Å². The first-order valence-electron chi connectivity index (χ1n) is 7.53. The molecule has 0 spiro atoms. The maximum atomic E-state index is 12.0. The van der Waals surface area contributed by atoms with Crippen LogP contribution in [-0.2, 0) is 11.2 Å². The number of aryl methyl sites for hydroxylation is 1. The normalized spacial score (nSPS) is 14.2. The molecule has 0 aliphatic heterocycles. The maximum absolute atomic E-state index is 12.0. The molecule has 20 heavy (non-hydrogen) atoms. The van der Waals surface area contributed by atoms with Gasteiger partial charge < -0.3 is 15.5 Å². The highest BCUT2D eigenvalue weighted by molar-refractivity contribution is 5.76. The van der Waals surface area contributed by atoms with Crippen LogP contribution >= 0.6 is 0 Å². The Labute approximate surface area is 122 Å². The summed E-state index contributed by atoms with van der Waals surface area (Å²) in [5.41, 5.74) is 5.73. The number of hydrogen-bond acceptors (Lipinski definition) is 3. The van der Waals surface area contributed by atoms with Crippen LogP contribution < -0.4 is 11.1 Å². The molecule has 0 aromatic carbocycles. The van der Waals surface area contributed by atoms with Crippen molar-refractivity contribution >= 4 is 5.91 Å². The van der Waals surface area contributed by atoms with Crippen LogP contribution in [0.2, 0.25) is 0 Å². The summed E-state index contributed by atoms with van der Waals surface area (Å²) in [4.78, 5) is 12.0. The van der Waals surface area contributed by atoms with Crippen LogP contribution in [0.5, 0.6) is 0 Å². The molecule has 4 nitrogen and oxygen atoms in total. The molecule has 0 saturated carbocycles. The highest BCUT2D eigenvalue weighted by Gasteiger charge is 2.15. The molecular weight excluding hydrogens is 252 g/mol. The van der Waals surface area contributed by atoms with Gasteiger partial charge in [0.2, 0.25) is 5.91 Å². The summed E-state index contributed by atoms with van der Waals surface area (Å²) in [7, 11) is 0. The number of nitrogens with two attached hydrogens (primary N) is 1. The minimum atomic E-state index is 0.105.